The number of rotatable bonds is 4. The van der Waals surface area contributed by atoms with Crippen LogP contribution in [0.4, 0.5) is 11.4 Å². The number of fused-ring (bicyclic) bond motifs is 1. The van der Waals surface area contributed by atoms with Crippen LogP contribution < -0.4 is 10.2 Å². The summed E-state index contributed by atoms with van der Waals surface area (Å²) in [5, 5.41) is 8.16. The van der Waals surface area contributed by atoms with Gasteiger partial charge in [0.2, 0.25) is 5.91 Å². The summed E-state index contributed by atoms with van der Waals surface area (Å²) < 4.78 is 1.73. The predicted molar refractivity (Wildman–Crippen MR) is 106 cm³/mol. The minimum Gasteiger partial charge on any atom is -0.320 e. The summed E-state index contributed by atoms with van der Waals surface area (Å²) in [4.78, 5) is 30.3. The highest BCUT2D eigenvalue weighted by Crippen LogP contribution is 2.23. The molecule has 0 unspecified atom stereocenters. The zero-order valence-electron chi connectivity index (χ0n) is 15.8. The largest absolute Gasteiger partial charge is 0.320 e. The van der Waals surface area contributed by atoms with E-state index in [0.29, 0.717) is 22.6 Å². The highest BCUT2D eigenvalue weighted by atomic mass is 16.2. The van der Waals surface area contributed by atoms with Crippen LogP contribution in [0.15, 0.2) is 43.0 Å². The Bertz CT molecular complexity index is 1050. The molecule has 0 aliphatic heterocycles. The SMILES string of the molecule is C=CC(=O)N(C)c1ccc(C(=O)Nc2cc3c(C)nn(C)c3nc2C)cc1. The number of aryl methyl sites for hydroxylation is 3. The fourth-order valence-electron chi connectivity index (χ4n) is 2.85. The van der Waals surface area contributed by atoms with Crippen LogP contribution in [0.2, 0.25) is 0 Å². The fourth-order valence-corrected chi connectivity index (χ4v) is 2.85. The number of nitrogens with one attached hydrogen (secondary N) is 1. The van der Waals surface area contributed by atoms with Crippen molar-refractivity contribution in [2.75, 3.05) is 17.3 Å². The predicted octanol–water partition coefficient (Wildman–Crippen LogP) is 2.99. The van der Waals surface area contributed by atoms with E-state index in [2.05, 4.69) is 22.0 Å². The zero-order chi connectivity index (χ0) is 19.7. The van der Waals surface area contributed by atoms with Crippen molar-refractivity contribution in [3.63, 3.8) is 0 Å². The Labute approximate surface area is 157 Å². The Kier molecular flexibility index (Phi) is 4.77. The summed E-state index contributed by atoms with van der Waals surface area (Å²) in [6, 6.07) is 8.68. The van der Waals surface area contributed by atoms with Gasteiger partial charge in [-0.2, -0.15) is 5.10 Å². The lowest BCUT2D eigenvalue weighted by Crippen LogP contribution is -2.23. The quantitative estimate of drug-likeness (QED) is 0.723. The molecular formula is C20H21N5O2. The van der Waals surface area contributed by atoms with Crippen LogP contribution in [0, 0.1) is 13.8 Å². The Balaban J connectivity index is 1.84. The molecule has 0 saturated carbocycles. The van der Waals surface area contributed by atoms with Gasteiger partial charge in [0, 0.05) is 30.7 Å². The number of carbonyl (C=O) groups is 2. The van der Waals surface area contributed by atoms with E-state index in [0.717, 1.165) is 16.7 Å². The van der Waals surface area contributed by atoms with Gasteiger partial charge in [-0.15, -0.1) is 0 Å². The van der Waals surface area contributed by atoms with Gasteiger partial charge in [-0.1, -0.05) is 6.58 Å². The Morgan fingerprint density at radius 2 is 1.85 bits per heavy atom. The van der Waals surface area contributed by atoms with Crippen molar-refractivity contribution < 1.29 is 9.59 Å². The molecule has 0 fully saturated rings. The van der Waals surface area contributed by atoms with Gasteiger partial charge in [0.05, 0.1) is 17.1 Å². The molecule has 1 aromatic carbocycles. The first kappa shape index (κ1) is 18.3. The van der Waals surface area contributed by atoms with E-state index >= 15 is 0 Å². The average Bonchev–Trinajstić information content (AvgIpc) is 2.94. The first-order valence-electron chi connectivity index (χ1n) is 8.44. The van der Waals surface area contributed by atoms with Crippen LogP contribution in [0.1, 0.15) is 21.7 Å². The first-order valence-corrected chi connectivity index (χ1v) is 8.44. The third kappa shape index (κ3) is 3.44. The van der Waals surface area contributed by atoms with Gasteiger partial charge in [0.15, 0.2) is 5.65 Å². The second-order valence-corrected chi connectivity index (χ2v) is 6.30. The van der Waals surface area contributed by atoms with Gasteiger partial charge in [0.1, 0.15) is 0 Å². The summed E-state index contributed by atoms with van der Waals surface area (Å²) in [5.74, 6) is -0.459. The standard InChI is InChI=1S/C20H21N5O2/c1-6-18(26)24(4)15-9-7-14(8-10-15)20(27)22-17-11-16-12(2)23-25(5)19(16)21-13(17)3/h6-11H,1H2,2-5H3,(H,22,27). The molecule has 0 saturated heterocycles. The van der Waals surface area contributed by atoms with Gasteiger partial charge in [-0.05, 0) is 50.3 Å². The smallest absolute Gasteiger partial charge is 0.255 e. The van der Waals surface area contributed by atoms with E-state index in [-0.39, 0.29) is 11.8 Å². The lowest BCUT2D eigenvalue weighted by Gasteiger charge is -2.15. The van der Waals surface area contributed by atoms with Crippen molar-refractivity contribution in [2.45, 2.75) is 13.8 Å². The number of nitrogens with zero attached hydrogens (tertiary/aromatic N) is 4. The van der Waals surface area contributed by atoms with Crippen LogP contribution in [-0.4, -0.2) is 33.6 Å². The molecule has 7 heteroatoms. The molecule has 138 valence electrons. The monoisotopic (exact) mass is 363 g/mol. The van der Waals surface area contributed by atoms with E-state index in [1.807, 2.05) is 27.0 Å². The second-order valence-electron chi connectivity index (χ2n) is 6.30. The molecule has 0 aliphatic carbocycles. The van der Waals surface area contributed by atoms with Crippen molar-refractivity contribution in [1.29, 1.82) is 0 Å². The van der Waals surface area contributed by atoms with Crippen molar-refractivity contribution in [3.8, 4) is 0 Å². The number of aromatic nitrogens is 3. The molecule has 2 aromatic heterocycles. The van der Waals surface area contributed by atoms with Crippen molar-refractivity contribution in [1.82, 2.24) is 14.8 Å². The third-order valence-corrected chi connectivity index (χ3v) is 4.46. The van der Waals surface area contributed by atoms with Crippen LogP contribution in [0.3, 0.4) is 0 Å². The van der Waals surface area contributed by atoms with Crippen LogP contribution in [0.5, 0.6) is 0 Å². The maximum absolute atomic E-state index is 12.6. The second kappa shape index (κ2) is 7.03. The minimum absolute atomic E-state index is 0.214. The van der Waals surface area contributed by atoms with Crippen LogP contribution in [-0.2, 0) is 11.8 Å². The number of benzene rings is 1. The molecule has 3 rings (SSSR count). The lowest BCUT2D eigenvalue weighted by molar-refractivity contribution is -0.113. The number of likely N-dealkylation sites (N-methyl/N-ethyl adjacent to an activating group) is 1. The highest BCUT2D eigenvalue weighted by Gasteiger charge is 2.14. The summed E-state index contributed by atoms with van der Waals surface area (Å²) in [7, 11) is 3.50. The molecule has 1 N–H and O–H groups in total. The van der Waals surface area contributed by atoms with Gasteiger partial charge >= 0.3 is 0 Å². The molecule has 0 spiro atoms. The minimum atomic E-state index is -0.245. The molecule has 27 heavy (non-hydrogen) atoms. The summed E-state index contributed by atoms with van der Waals surface area (Å²) in [6.07, 6.45) is 1.24. The Morgan fingerprint density at radius 1 is 1.19 bits per heavy atom. The van der Waals surface area contributed by atoms with Gasteiger partial charge in [0.25, 0.3) is 5.91 Å². The summed E-state index contributed by atoms with van der Waals surface area (Å²) >= 11 is 0. The molecular weight excluding hydrogens is 342 g/mol. The fraction of sp³-hybridized carbons (Fsp3) is 0.200. The molecule has 0 radical (unpaired) electrons. The number of pyridine rings is 1. The van der Waals surface area contributed by atoms with E-state index in [1.165, 1.54) is 11.0 Å². The maximum Gasteiger partial charge on any atom is 0.255 e. The normalized spacial score (nSPS) is 10.7. The number of hydrogen-bond donors (Lipinski definition) is 1. The third-order valence-electron chi connectivity index (χ3n) is 4.46. The molecule has 0 atom stereocenters. The van der Waals surface area contributed by atoms with E-state index in [4.69, 9.17) is 0 Å². The molecule has 2 heterocycles. The number of amides is 2. The van der Waals surface area contributed by atoms with E-state index in [9.17, 15) is 9.59 Å². The highest BCUT2D eigenvalue weighted by molar-refractivity contribution is 6.06. The number of hydrogen-bond acceptors (Lipinski definition) is 4. The topological polar surface area (TPSA) is 80.1 Å². The van der Waals surface area contributed by atoms with Crippen LogP contribution >= 0.6 is 0 Å². The van der Waals surface area contributed by atoms with Crippen LogP contribution in [0.25, 0.3) is 11.0 Å². The summed E-state index contributed by atoms with van der Waals surface area (Å²) in [5.41, 5.74) is 4.16. The van der Waals surface area contributed by atoms with Gasteiger partial charge < -0.3 is 10.2 Å². The van der Waals surface area contributed by atoms with E-state index < -0.39 is 0 Å². The van der Waals surface area contributed by atoms with Gasteiger partial charge in [-0.3, -0.25) is 14.3 Å². The van der Waals surface area contributed by atoms with Crippen molar-refractivity contribution >= 4 is 34.2 Å². The zero-order valence-corrected chi connectivity index (χ0v) is 15.8. The molecule has 0 aliphatic rings. The molecule has 2 amide bonds. The van der Waals surface area contributed by atoms with Crippen molar-refractivity contribution in [3.05, 3.63) is 59.9 Å². The summed E-state index contributed by atoms with van der Waals surface area (Å²) in [6.45, 7) is 7.22. The Hall–Kier alpha value is -3.48. The van der Waals surface area contributed by atoms with E-state index in [1.54, 1.807) is 36.0 Å². The lowest BCUT2D eigenvalue weighted by atomic mass is 10.1. The van der Waals surface area contributed by atoms with Gasteiger partial charge in [-0.25, -0.2) is 4.98 Å². The van der Waals surface area contributed by atoms with Crippen molar-refractivity contribution in [2.24, 2.45) is 7.05 Å². The maximum atomic E-state index is 12.6. The molecule has 7 nitrogen and oxygen atoms in total. The number of anilines is 2. The first-order chi connectivity index (χ1) is 12.8. The molecule has 0 bridgehead atoms. The average molecular weight is 363 g/mol. The Morgan fingerprint density at radius 3 is 2.48 bits per heavy atom. The number of carbonyl (C=O) groups excluding carboxylic acids is 2. The molecule has 3 aromatic rings.